The molecule has 0 atom stereocenters. The summed E-state index contributed by atoms with van der Waals surface area (Å²) in [4.78, 5) is 2.47. The predicted octanol–water partition coefficient (Wildman–Crippen LogP) is 19.6. The maximum absolute atomic E-state index is 2.47. The number of fused-ring (bicyclic) bond motifs is 8. The molecule has 0 saturated carbocycles. The van der Waals surface area contributed by atoms with Crippen molar-refractivity contribution in [1.29, 1.82) is 0 Å². The molecule has 0 aliphatic heterocycles. The lowest BCUT2D eigenvalue weighted by atomic mass is 9.94. The first-order chi connectivity index (χ1) is 35.2. The van der Waals surface area contributed by atoms with Gasteiger partial charge >= 0.3 is 0 Å². The summed E-state index contributed by atoms with van der Waals surface area (Å²) in [6.45, 7) is 0. The fraction of sp³-hybridized carbons (Fsp3) is 0. The Bertz CT molecular complexity index is 4310. The number of rotatable bonds is 8. The second kappa shape index (κ2) is 16.9. The molecular weight excluding hydrogens is 877 g/mol. The van der Waals surface area contributed by atoms with Crippen LogP contribution in [0.3, 0.4) is 0 Å². The van der Waals surface area contributed by atoms with Crippen LogP contribution < -0.4 is 4.90 Å². The topological polar surface area (TPSA) is 8.17 Å². The molecule has 0 radical (unpaired) electrons. The Kier molecular flexibility index (Phi) is 9.75. The Balaban J connectivity index is 0.984. The minimum Gasteiger partial charge on any atom is -0.310 e. The molecule has 0 fully saturated rings. The zero-order chi connectivity index (χ0) is 46.8. The Morgan fingerprint density at radius 3 is 1.51 bits per heavy atom. The Labute approximate surface area is 416 Å². The third kappa shape index (κ3) is 7.09. The number of hydrogen-bond acceptors (Lipinski definition) is 2. The maximum atomic E-state index is 2.47. The quantitative estimate of drug-likeness (QED) is 0.147. The third-order valence-electron chi connectivity index (χ3n) is 14.3. The van der Waals surface area contributed by atoms with Crippen LogP contribution in [0, 0.1) is 0 Å². The van der Waals surface area contributed by atoms with Gasteiger partial charge < -0.3 is 9.47 Å². The number of aromatic nitrogens is 1. The molecule has 14 rings (SSSR count). The summed E-state index contributed by atoms with van der Waals surface area (Å²) in [6, 6.07) is 98.4. The number of anilines is 3. The van der Waals surface area contributed by atoms with Gasteiger partial charge in [-0.1, -0.05) is 182 Å². The number of benzene rings is 12. The normalized spacial score (nSPS) is 11.7. The molecule has 3 heteroatoms. The predicted molar refractivity (Wildman–Crippen MR) is 305 cm³/mol. The monoisotopic (exact) mass is 920 g/mol. The summed E-state index contributed by atoms with van der Waals surface area (Å²) in [5.74, 6) is 0. The molecule has 0 amide bonds. The molecule has 12 aromatic carbocycles. The third-order valence-corrected chi connectivity index (χ3v) is 15.5. The van der Waals surface area contributed by atoms with Gasteiger partial charge in [0, 0.05) is 53.4 Å². The first kappa shape index (κ1) is 41.0. The Hall–Kier alpha value is -9.02. The molecular formula is C68H44N2S. The molecule has 0 bridgehead atoms. The lowest BCUT2D eigenvalue weighted by Gasteiger charge is -2.29. The van der Waals surface area contributed by atoms with E-state index < -0.39 is 0 Å². The van der Waals surface area contributed by atoms with Crippen LogP contribution in [0.15, 0.2) is 267 Å². The highest BCUT2D eigenvalue weighted by Gasteiger charge is 2.21. The van der Waals surface area contributed by atoms with E-state index in [0.29, 0.717) is 0 Å². The van der Waals surface area contributed by atoms with E-state index in [2.05, 4.69) is 276 Å². The lowest BCUT2D eigenvalue weighted by molar-refractivity contribution is 1.18. The van der Waals surface area contributed by atoms with Crippen LogP contribution >= 0.6 is 11.3 Å². The van der Waals surface area contributed by atoms with Gasteiger partial charge in [0.05, 0.1) is 22.4 Å². The molecule has 0 aliphatic rings. The molecule has 14 aromatic rings. The minimum absolute atomic E-state index is 1.07. The van der Waals surface area contributed by atoms with E-state index in [-0.39, 0.29) is 0 Å². The Morgan fingerprint density at radius 2 is 0.789 bits per heavy atom. The van der Waals surface area contributed by atoms with Crippen molar-refractivity contribution in [3.63, 3.8) is 0 Å². The van der Waals surface area contributed by atoms with Gasteiger partial charge in [0.2, 0.25) is 0 Å². The average Bonchev–Trinajstić information content (AvgIpc) is 3.99. The number of nitrogens with zero attached hydrogens (tertiary/aromatic N) is 2. The van der Waals surface area contributed by atoms with Gasteiger partial charge in [-0.3, -0.25) is 0 Å². The molecule has 2 nitrogen and oxygen atoms in total. The maximum Gasteiger partial charge on any atom is 0.0541 e. The van der Waals surface area contributed by atoms with Crippen LogP contribution in [0.5, 0.6) is 0 Å². The minimum atomic E-state index is 1.07. The average molecular weight is 921 g/mol. The van der Waals surface area contributed by atoms with Crippen LogP contribution in [0.25, 0.3) is 114 Å². The van der Waals surface area contributed by atoms with Crippen molar-refractivity contribution in [1.82, 2.24) is 4.57 Å². The van der Waals surface area contributed by atoms with Crippen molar-refractivity contribution in [2.24, 2.45) is 0 Å². The molecule has 0 N–H and O–H groups in total. The number of para-hydroxylation sites is 4. The zero-order valence-corrected chi connectivity index (χ0v) is 39.5. The lowest BCUT2D eigenvalue weighted by Crippen LogP contribution is -2.11. The van der Waals surface area contributed by atoms with Crippen molar-refractivity contribution in [3.05, 3.63) is 267 Å². The second-order valence-corrected chi connectivity index (χ2v) is 19.6. The van der Waals surface area contributed by atoms with Gasteiger partial charge in [-0.15, -0.1) is 11.3 Å². The smallest absolute Gasteiger partial charge is 0.0541 e. The first-order valence-electron chi connectivity index (χ1n) is 24.3. The van der Waals surface area contributed by atoms with Crippen molar-refractivity contribution < 1.29 is 0 Å². The van der Waals surface area contributed by atoms with Crippen molar-refractivity contribution in [3.8, 4) is 50.2 Å². The highest BCUT2D eigenvalue weighted by atomic mass is 32.1. The van der Waals surface area contributed by atoms with E-state index >= 15 is 0 Å². The SMILES string of the molecule is c1ccc(N(c2ccc(-c3ccccc3-n3c4ccccc4c4ccccc43)cc2)c2cc(-c3ccc4ccccc4c3)cc(-c3ccc4sc5ccccc5c4c3)c2)c(-c2ccc3ccccc3c2)c1. The van der Waals surface area contributed by atoms with E-state index in [1.165, 1.54) is 85.8 Å². The second-order valence-electron chi connectivity index (χ2n) is 18.5. The fourth-order valence-corrected chi connectivity index (χ4v) is 12.0. The summed E-state index contributed by atoms with van der Waals surface area (Å²) in [5.41, 5.74) is 16.1. The number of hydrogen-bond donors (Lipinski definition) is 0. The molecule has 0 saturated heterocycles. The van der Waals surface area contributed by atoms with Gasteiger partial charge in [-0.2, -0.15) is 0 Å². The fourth-order valence-electron chi connectivity index (χ4n) is 10.9. The molecule has 71 heavy (non-hydrogen) atoms. The van der Waals surface area contributed by atoms with E-state index in [1.807, 2.05) is 11.3 Å². The largest absolute Gasteiger partial charge is 0.310 e. The molecule has 0 aliphatic carbocycles. The highest BCUT2D eigenvalue weighted by molar-refractivity contribution is 7.25. The van der Waals surface area contributed by atoms with Crippen molar-refractivity contribution in [2.45, 2.75) is 0 Å². The van der Waals surface area contributed by atoms with Crippen LogP contribution in [-0.4, -0.2) is 4.57 Å². The number of thiophene rings is 1. The molecule has 332 valence electrons. The van der Waals surface area contributed by atoms with Crippen LogP contribution in [0.4, 0.5) is 17.1 Å². The summed E-state index contributed by atoms with van der Waals surface area (Å²) in [7, 11) is 0. The van der Waals surface area contributed by atoms with E-state index in [1.54, 1.807) is 0 Å². The molecule has 0 spiro atoms. The van der Waals surface area contributed by atoms with Gasteiger partial charge in [-0.25, -0.2) is 0 Å². The summed E-state index contributed by atoms with van der Waals surface area (Å²) >= 11 is 1.86. The summed E-state index contributed by atoms with van der Waals surface area (Å²) < 4.78 is 5.03. The van der Waals surface area contributed by atoms with Gasteiger partial charge in [0.15, 0.2) is 0 Å². The van der Waals surface area contributed by atoms with Crippen LogP contribution in [0.1, 0.15) is 0 Å². The van der Waals surface area contributed by atoms with Gasteiger partial charge in [0.25, 0.3) is 0 Å². The molecule has 2 aromatic heterocycles. The van der Waals surface area contributed by atoms with Crippen molar-refractivity contribution >= 4 is 91.9 Å². The molecule has 0 unspecified atom stereocenters. The zero-order valence-electron chi connectivity index (χ0n) is 38.7. The van der Waals surface area contributed by atoms with Gasteiger partial charge in [0.1, 0.15) is 0 Å². The van der Waals surface area contributed by atoms with Crippen molar-refractivity contribution in [2.75, 3.05) is 4.90 Å². The summed E-state index contributed by atoms with van der Waals surface area (Å²) in [6.07, 6.45) is 0. The van der Waals surface area contributed by atoms with E-state index in [9.17, 15) is 0 Å². The van der Waals surface area contributed by atoms with E-state index in [0.717, 1.165) is 45.0 Å². The first-order valence-corrected chi connectivity index (χ1v) is 25.1. The Morgan fingerprint density at radius 1 is 0.282 bits per heavy atom. The summed E-state index contributed by atoms with van der Waals surface area (Å²) in [5, 5.41) is 9.99. The van der Waals surface area contributed by atoms with Crippen LogP contribution in [0.2, 0.25) is 0 Å². The molecule has 2 heterocycles. The highest BCUT2D eigenvalue weighted by Crippen LogP contribution is 2.46. The van der Waals surface area contributed by atoms with Gasteiger partial charge in [-0.05, 0) is 140 Å². The van der Waals surface area contributed by atoms with Crippen LogP contribution in [-0.2, 0) is 0 Å². The van der Waals surface area contributed by atoms with E-state index in [4.69, 9.17) is 0 Å². The standard InChI is InChI=1S/C68H44N2S/c1-3-17-48-39-50(31-29-45(48)15-1)53-41-54(51-35-38-68-62(44-51)61-23-9-14-28-67(61)71-68)43-56(42-53)69(63-24-10-6-20-58(63)52-32-30-46-16-2-4-18-49(46)40-52)55-36-33-47(34-37-55)57-19-5-11-25-64(57)70-65-26-12-7-21-59(65)60-22-8-13-27-66(60)70/h1-44H.